The van der Waals surface area contributed by atoms with Crippen molar-refractivity contribution in [1.29, 1.82) is 0 Å². The lowest BCUT2D eigenvalue weighted by molar-refractivity contribution is -0.0879. The molecule has 0 amide bonds. The summed E-state index contributed by atoms with van der Waals surface area (Å²) in [6, 6.07) is 10.3. The highest BCUT2D eigenvalue weighted by molar-refractivity contribution is 5.17. The van der Waals surface area contributed by atoms with Crippen molar-refractivity contribution in [2.24, 2.45) is 5.73 Å². The Kier molecular flexibility index (Phi) is 4.97. The van der Waals surface area contributed by atoms with E-state index in [-0.39, 0.29) is 11.7 Å². The Bertz CT molecular complexity index is 285. The maximum absolute atomic E-state index is 6.15. The first-order valence-electron chi connectivity index (χ1n) is 6.10. The zero-order valence-corrected chi connectivity index (χ0v) is 10.6. The van der Waals surface area contributed by atoms with Crippen molar-refractivity contribution in [2.75, 3.05) is 6.54 Å². The van der Waals surface area contributed by atoms with Crippen molar-refractivity contribution in [2.45, 2.75) is 45.3 Å². The van der Waals surface area contributed by atoms with Crippen molar-refractivity contribution in [3.05, 3.63) is 35.9 Å². The molecular formula is C14H23NO. The van der Waals surface area contributed by atoms with Crippen LogP contribution in [0.25, 0.3) is 0 Å². The Balaban J connectivity index is 2.73. The van der Waals surface area contributed by atoms with Gasteiger partial charge in [-0.05, 0) is 25.3 Å². The van der Waals surface area contributed by atoms with Crippen LogP contribution >= 0.6 is 0 Å². The second-order valence-corrected chi connectivity index (χ2v) is 4.27. The zero-order chi connectivity index (χ0) is 12.0. The van der Waals surface area contributed by atoms with Crippen molar-refractivity contribution in [3.63, 3.8) is 0 Å². The molecule has 90 valence electrons. The third-order valence-corrected chi connectivity index (χ3v) is 3.36. The molecule has 1 aromatic rings. The minimum absolute atomic E-state index is 0.102. The Labute approximate surface area is 98.8 Å². The standard InChI is InChI=1S/C14H23NO/c1-4-14(5-2,11-15)16-12(3)13-9-7-6-8-10-13/h6-10,12H,4-5,11,15H2,1-3H3. The number of hydrogen-bond acceptors (Lipinski definition) is 2. The molecule has 0 spiro atoms. The van der Waals surface area contributed by atoms with E-state index < -0.39 is 0 Å². The largest absolute Gasteiger partial charge is 0.366 e. The van der Waals surface area contributed by atoms with Gasteiger partial charge in [0, 0.05) is 6.54 Å². The van der Waals surface area contributed by atoms with E-state index in [1.54, 1.807) is 0 Å². The van der Waals surface area contributed by atoms with Gasteiger partial charge in [0.15, 0.2) is 0 Å². The van der Waals surface area contributed by atoms with Gasteiger partial charge in [-0.2, -0.15) is 0 Å². The van der Waals surface area contributed by atoms with E-state index in [1.807, 2.05) is 18.2 Å². The maximum atomic E-state index is 6.15. The molecule has 0 saturated heterocycles. The van der Waals surface area contributed by atoms with E-state index >= 15 is 0 Å². The van der Waals surface area contributed by atoms with Crippen LogP contribution in [0, 0.1) is 0 Å². The minimum atomic E-state index is -0.171. The van der Waals surface area contributed by atoms with E-state index in [2.05, 4.69) is 32.9 Å². The second-order valence-electron chi connectivity index (χ2n) is 4.27. The third-order valence-electron chi connectivity index (χ3n) is 3.36. The molecule has 0 fully saturated rings. The van der Waals surface area contributed by atoms with Gasteiger partial charge in [0.05, 0.1) is 11.7 Å². The fourth-order valence-electron chi connectivity index (χ4n) is 1.92. The van der Waals surface area contributed by atoms with Crippen molar-refractivity contribution >= 4 is 0 Å². The number of ether oxygens (including phenoxy) is 1. The topological polar surface area (TPSA) is 35.2 Å². The summed E-state index contributed by atoms with van der Waals surface area (Å²) in [6.07, 6.45) is 2.01. The molecule has 0 heterocycles. The average molecular weight is 221 g/mol. The first-order chi connectivity index (χ1) is 7.67. The summed E-state index contributed by atoms with van der Waals surface area (Å²) < 4.78 is 6.15. The summed E-state index contributed by atoms with van der Waals surface area (Å²) in [5, 5.41) is 0. The molecule has 1 unspecified atom stereocenters. The van der Waals surface area contributed by atoms with Crippen LogP contribution in [-0.2, 0) is 4.74 Å². The fourth-order valence-corrected chi connectivity index (χ4v) is 1.92. The molecule has 0 radical (unpaired) electrons. The first-order valence-corrected chi connectivity index (χ1v) is 6.10. The minimum Gasteiger partial charge on any atom is -0.366 e. The zero-order valence-electron chi connectivity index (χ0n) is 10.6. The number of benzene rings is 1. The van der Waals surface area contributed by atoms with Crippen LogP contribution in [0.5, 0.6) is 0 Å². The van der Waals surface area contributed by atoms with E-state index in [9.17, 15) is 0 Å². The van der Waals surface area contributed by atoms with Crippen LogP contribution in [0.15, 0.2) is 30.3 Å². The molecule has 1 atom stereocenters. The molecule has 0 aliphatic carbocycles. The van der Waals surface area contributed by atoms with Gasteiger partial charge in [-0.15, -0.1) is 0 Å². The summed E-state index contributed by atoms with van der Waals surface area (Å²) in [7, 11) is 0. The van der Waals surface area contributed by atoms with Gasteiger partial charge in [0.2, 0.25) is 0 Å². The van der Waals surface area contributed by atoms with Crippen LogP contribution in [0.2, 0.25) is 0 Å². The molecule has 2 heteroatoms. The molecule has 0 aliphatic rings. The Morgan fingerprint density at radius 1 is 1.19 bits per heavy atom. The second kappa shape index (κ2) is 6.02. The van der Waals surface area contributed by atoms with Gasteiger partial charge in [-0.3, -0.25) is 0 Å². The molecule has 0 bridgehead atoms. The van der Waals surface area contributed by atoms with E-state index in [0.29, 0.717) is 6.54 Å². The molecule has 2 N–H and O–H groups in total. The third kappa shape index (κ3) is 3.06. The Morgan fingerprint density at radius 3 is 2.19 bits per heavy atom. The van der Waals surface area contributed by atoms with Gasteiger partial charge in [0.1, 0.15) is 0 Å². The molecule has 1 aromatic carbocycles. The Morgan fingerprint density at radius 2 is 1.75 bits per heavy atom. The van der Waals surface area contributed by atoms with Crippen LogP contribution in [0.4, 0.5) is 0 Å². The highest BCUT2D eigenvalue weighted by atomic mass is 16.5. The molecule has 0 saturated carbocycles. The van der Waals surface area contributed by atoms with Crippen molar-refractivity contribution in [1.82, 2.24) is 0 Å². The van der Waals surface area contributed by atoms with Crippen molar-refractivity contribution < 1.29 is 4.74 Å². The van der Waals surface area contributed by atoms with Crippen LogP contribution in [-0.4, -0.2) is 12.1 Å². The van der Waals surface area contributed by atoms with E-state index in [4.69, 9.17) is 10.5 Å². The number of rotatable bonds is 6. The molecular weight excluding hydrogens is 198 g/mol. The van der Waals surface area contributed by atoms with Gasteiger partial charge in [-0.1, -0.05) is 44.2 Å². The van der Waals surface area contributed by atoms with Crippen LogP contribution in [0.3, 0.4) is 0 Å². The van der Waals surface area contributed by atoms with Gasteiger partial charge >= 0.3 is 0 Å². The fraction of sp³-hybridized carbons (Fsp3) is 0.571. The van der Waals surface area contributed by atoms with Gasteiger partial charge in [-0.25, -0.2) is 0 Å². The van der Waals surface area contributed by atoms with Gasteiger partial charge < -0.3 is 10.5 Å². The monoisotopic (exact) mass is 221 g/mol. The summed E-state index contributed by atoms with van der Waals surface area (Å²) in [4.78, 5) is 0. The summed E-state index contributed by atoms with van der Waals surface area (Å²) in [5.74, 6) is 0. The highest BCUT2D eigenvalue weighted by Gasteiger charge is 2.27. The Hall–Kier alpha value is -0.860. The maximum Gasteiger partial charge on any atom is 0.0807 e. The molecule has 16 heavy (non-hydrogen) atoms. The lowest BCUT2D eigenvalue weighted by Gasteiger charge is -2.33. The van der Waals surface area contributed by atoms with Crippen LogP contribution < -0.4 is 5.73 Å². The normalized spacial score (nSPS) is 13.8. The number of nitrogens with two attached hydrogens (primary N) is 1. The molecule has 1 rings (SSSR count). The lowest BCUT2D eigenvalue weighted by atomic mass is 9.96. The van der Waals surface area contributed by atoms with Gasteiger partial charge in [0.25, 0.3) is 0 Å². The summed E-state index contributed by atoms with van der Waals surface area (Å²) in [5.41, 5.74) is 6.87. The molecule has 0 aromatic heterocycles. The quantitative estimate of drug-likeness (QED) is 0.800. The molecule has 2 nitrogen and oxygen atoms in total. The smallest absolute Gasteiger partial charge is 0.0807 e. The average Bonchev–Trinajstić information content (AvgIpc) is 2.37. The summed E-state index contributed by atoms with van der Waals surface area (Å²) in [6.45, 7) is 6.93. The molecule has 0 aliphatic heterocycles. The highest BCUT2D eigenvalue weighted by Crippen LogP contribution is 2.28. The van der Waals surface area contributed by atoms with E-state index in [1.165, 1.54) is 5.56 Å². The number of hydrogen-bond donors (Lipinski definition) is 1. The predicted octanol–water partition coefficient (Wildman–Crippen LogP) is 3.28. The SMILES string of the molecule is CCC(CC)(CN)OC(C)c1ccccc1. The van der Waals surface area contributed by atoms with Crippen LogP contribution in [0.1, 0.15) is 45.3 Å². The first kappa shape index (κ1) is 13.2. The lowest BCUT2D eigenvalue weighted by Crippen LogP contribution is -2.40. The summed E-state index contributed by atoms with van der Waals surface area (Å²) >= 11 is 0. The van der Waals surface area contributed by atoms with E-state index in [0.717, 1.165) is 12.8 Å². The predicted molar refractivity (Wildman–Crippen MR) is 68.3 cm³/mol. The van der Waals surface area contributed by atoms with Crippen molar-refractivity contribution in [3.8, 4) is 0 Å².